The van der Waals surface area contributed by atoms with Gasteiger partial charge in [-0.2, -0.15) is 5.26 Å². The van der Waals surface area contributed by atoms with Crippen LogP contribution >= 0.6 is 11.6 Å². The van der Waals surface area contributed by atoms with Gasteiger partial charge in [0.2, 0.25) is 0 Å². The molecule has 0 saturated heterocycles. The summed E-state index contributed by atoms with van der Waals surface area (Å²) < 4.78 is 15.8. The average Bonchev–Trinajstić information content (AvgIpc) is 2.71. The smallest absolute Gasteiger partial charge is 0.266 e. The number of terminal acetylenes is 1. The molecule has 0 aromatic heterocycles. The second-order valence-corrected chi connectivity index (χ2v) is 5.75. The summed E-state index contributed by atoms with van der Waals surface area (Å²) in [6.07, 6.45) is 6.63. The fourth-order valence-electron chi connectivity index (χ4n) is 2.30. The Kier molecular flexibility index (Phi) is 7.33. The molecule has 28 heavy (non-hydrogen) atoms. The molecule has 0 bridgehead atoms. The Labute approximate surface area is 168 Å². The number of hydrogen-bond acceptors (Lipinski definition) is 5. The Morgan fingerprint density at radius 3 is 2.57 bits per heavy atom. The van der Waals surface area contributed by atoms with Crippen molar-refractivity contribution in [3.8, 4) is 35.7 Å². The first-order valence-corrected chi connectivity index (χ1v) is 8.41. The summed E-state index contributed by atoms with van der Waals surface area (Å²) in [5.74, 6) is 2.89. The number of anilines is 1. The van der Waals surface area contributed by atoms with E-state index in [1.807, 2.05) is 6.07 Å². The quantitative estimate of drug-likeness (QED) is 0.436. The Bertz CT molecular complexity index is 987. The molecule has 0 aliphatic heterocycles. The molecule has 0 saturated carbocycles. The zero-order valence-corrected chi connectivity index (χ0v) is 16.0. The number of rotatable bonds is 7. The van der Waals surface area contributed by atoms with E-state index in [1.165, 1.54) is 32.4 Å². The van der Waals surface area contributed by atoms with Crippen LogP contribution in [0.15, 0.2) is 42.0 Å². The van der Waals surface area contributed by atoms with E-state index in [9.17, 15) is 10.1 Å². The Morgan fingerprint density at radius 1 is 1.21 bits per heavy atom. The molecule has 0 radical (unpaired) electrons. The van der Waals surface area contributed by atoms with Crippen LogP contribution in [0.5, 0.6) is 17.2 Å². The lowest BCUT2D eigenvalue weighted by Gasteiger charge is -2.13. The minimum atomic E-state index is -0.628. The number of methoxy groups -OCH3 is 2. The van der Waals surface area contributed by atoms with E-state index in [-0.39, 0.29) is 12.2 Å². The normalized spacial score (nSPS) is 10.4. The molecule has 0 unspecified atom stereocenters. The highest BCUT2D eigenvalue weighted by Gasteiger charge is 2.16. The monoisotopic (exact) mass is 396 g/mol. The number of nitrogens with one attached hydrogen (secondary N) is 1. The van der Waals surface area contributed by atoms with Crippen LogP contribution in [0.2, 0.25) is 5.02 Å². The van der Waals surface area contributed by atoms with Crippen molar-refractivity contribution in [2.45, 2.75) is 0 Å². The number of hydrogen-bond donors (Lipinski definition) is 1. The molecule has 2 rings (SSSR count). The second-order valence-electron chi connectivity index (χ2n) is 5.34. The zero-order valence-electron chi connectivity index (χ0n) is 15.3. The summed E-state index contributed by atoms with van der Waals surface area (Å²) in [5, 5.41) is 12.4. The number of nitrogens with zero attached hydrogens (tertiary/aromatic N) is 1. The molecule has 6 nitrogen and oxygen atoms in total. The molecule has 2 aromatic carbocycles. The summed E-state index contributed by atoms with van der Waals surface area (Å²) >= 11 is 6.06. The molecule has 0 aliphatic rings. The zero-order chi connectivity index (χ0) is 20.5. The number of carbonyl (C=O) groups excluding carboxylic acids is 1. The maximum atomic E-state index is 12.6. The van der Waals surface area contributed by atoms with Crippen LogP contribution in [0, 0.1) is 23.7 Å². The third-order valence-corrected chi connectivity index (χ3v) is 3.91. The van der Waals surface area contributed by atoms with Gasteiger partial charge in [-0.1, -0.05) is 35.7 Å². The van der Waals surface area contributed by atoms with E-state index < -0.39 is 5.91 Å². The number of benzene rings is 2. The summed E-state index contributed by atoms with van der Waals surface area (Å²) in [5.41, 5.74) is 0.726. The van der Waals surface area contributed by atoms with Crippen molar-refractivity contribution in [1.82, 2.24) is 0 Å². The minimum absolute atomic E-state index is 0.0701. The van der Waals surface area contributed by atoms with E-state index >= 15 is 0 Å². The molecule has 142 valence electrons. The fraction of sp³-hybridized carbons (Fsp3) is 0.143. The molecular weight excluding hydrogens is 380 g/mol. The molecule has 0 fully saturated rings. The molecule has 1 N–H and O–H groups in total. The van der Waals surface area contributed by atoms with Gasteiger partial charge in [-0.25, -0.2) is 0 Å². The lowest BCUT2D eigenvalue weighted by atomic mass is 10.1. The fourth-order valence-corrected chi connectivity index (χ4v) is 2.53. The first kappa shape index (κ1) is 20.7. The molecule has 0 aliphatic carbocycles. The molecule has 1 amide bonds. The summed E-state index contributed by atoms with van der Waals surface area (Å²) in [4.78, 5) is 12.6. The van der Waals surface area contributed by atoms with Crippen molar-refractivity contribution in [2.24, 2.45) is 0 Å². The Hall–Kier alpha value is -3.61. The molecule has 0 heterocycles. The predicted octanol–water partition coefficient (Wildman–Crippen LogP) is 3.91. The van der Waals surface area contributed by atoms with Crippen molar-refractivity contribution >= 4 is 29.3 Å². The van der Waals surface area contributed by atoms with E-state index in [1.54, 1.807) is 24.3 Å². The number of halogens is 1. The van der Waals surface area contributed by atoms with Crippen LogP contribution in [-0.2, 0) is 4.79 Å². The van der Waals surface area contributed by atoms with Crippen molar-refractivity contribution in [1.29, 1.82) is 5.26 Å². The van der Waals surface area contributed by atoms with Gasteiger partial charge in [-0.3, -0.25) is 4.79 Å². The van der Waals surface area contributed by atoms with Crippen LogP contribution in [0.3, 0.4) is 0 Å². The third-order valence-electron chi connectivity index (χ3n) is 3.62. The Morgan fingerprint density at radius 2 is 1.93 bits per heavy atom. The van der Waals surface area contributed by atoms with Gasteiger partial charge < -0.3 is 19.5 Å². The molecule has 7 heteroatoms. The third kappa shape index (κ3) is 4.97. The number of nitriles is 1. The molecule has 0 atom stereocenters. The van der Waals surface area contributed by atoms with Gasteiger partial charge in [-0.15, -0.1) is 6.42 Å². The van der Waals surface area contributed by atoms with Gasteiger partial charge in [0.25, 0.3) is 5.91 Å². The van der Waals surface area contributed by atoms with Crippen LogP contribution in [0.4, 0.5) is 5.69 Å². The maximum Gasteiger partial charge on any atom is 0.266 e. The topological polar surface area (TPSA) is 80.6 Å². The summed E-state index contributed by atoms with van der Waals surface area (Å²) in [6.45, 7) is 0.0701. The molecule has 0 spiro atoms. The summed E-state index contributed by atoms with van der Waals surface area (Å²) in [6, 6.07) is 11.8. The van der Waals surface area contributed by atoms with Gasteiger partial charge in [0.1, 0.15) is 35.5 Å². The first-order valence-electron chi connectivity index (χ1n) is 8.04. The van der Waals surface area contributed by atoms with E-state index in [0.717, 1.165) is 0 Å². The lowest BCUT2D eigenvalue weighted by molar-refractivity contribution is -0.112. The maximum absolute atomic E-state index is 12.6. The van der Waals surface area contributed by atoms with Crippen molar-refractivity contribution < 1.29 is 19.0 Å². The molecule has 2 aromatic rings. The predicted molar refractivity (Wildman–Crippen MR) is 108 cm³/mol. The van der Waals surface area contributed by atoms with Crippen molar-refractivity contribution in [3.05, 3.63) is 52.6 Å². The van der Waals surface area contributed by atoms with Gasteiger partial charge in [0, 0.05) is 17.7 Å². The van der Waals surface area contributed by atoms with Crippen LogP contribution in [-0.4, -0.2) is 26.7 Å². The van der Waals surface area contributed by atoms with Gasteiger partial charge in [0.05, 0.1) is 24.9 Å². The van der Waals surface area contributed by atoms with Gasteiger partial charge >= 0.3 is 0 Å². The van der Waals surface area contributed by atoms with Crippen LogP contribution < -0.4 is 19.5 Å². The van der Waals surface area contributed by atoms with Crippen LogP contribution in [0.1, 0.15) is 5.56 Å². The second kappa shape index (κ2) is 9.91. The highest BCUT2D eigenvalue weighted by molar-refractivity contribution is 6.32. The molecular formula is C21H17ClN2O4. The number of amides is 1. The highest BCUT2D eigenvalue weighted by Crippen LogP contribution is 2.36. The highest BCUT2D eigenvalue weighted by atomic mass is 35.5. The van der Waals surface area contributed by atoms with E-state index in [0.29, 0.717) is 33.5 Å². The van der Waals surface area contributed by atoms with Gasteiger partial charge in [-0.05, 0) is 12.1 Å². The number of para-hydroxylation sites is 1. The lowest BCUT2D eigenvalue weighted by Crippen LogP contribution is -2.14. The standard InChI is InChI=1S/C21H17ClN2O4/c1-4-9-28-18-8-6-5-7-14(18)10-15(13-23)21(25)24-17-12-19(26-2)16(22)11-20(17)27-3/h1,5-8,10-12H,9H2,2-3H3,(H,24,25)/b15-10+. The van der Waals surface area contributed by atoms with Crippen molar-refractivity contribution in [2.75, 3.05) is 26.1 Å². The largest absolute Gasteiger partial charge is 0.495 e. The number of ether oxygens (including phenoxy) is 3. The average molecular weight is 397 g/mol. The van der Waals surface area contributed by atoms with Gasteiger partial charge in [0.15, 0.2) is 0 Å². The Balaban J connectivity index is 2.34. The SMILES string of the molecule is C#CCOc1ccccc1/C=C(\C#N)C(=O)Nc1cc(OC)c(Cl)cc1OC. The number of carbonyl (C=O) groups is 1. The van der Waals surface area contributed by atoms with Crippen molar-refractivity contribution in [3.63, 3.8) is 0 Å². The van der Waals surface area contributed by atoms with E-state index in [4.69, 9.17) is 32.2 Å². The first-order chi connectivity index (χ1) is 13.5. The van der Waals surface area contributed by atoms with Crippen LogP contribution in [0.25, 0.3) is 6.08 Å². The van der Waals surface area contributed by atoms with E-state index in [2.05, 4.69) is 11.2 Å². The summed E-state index contributed by atoms with van der Waals surface area (Å²) in [7, 11) is 2.89. The minimum Gasteiger partial charge on any atom is -0.495 e.